The molecule has 4 rings (SSSR count). The summed E-state index contributed by atoms with van der Waals surface area (Å²) in [5, 5.41) is 20.8. The van der Waals surface area contributed by atoms with Gasteiger partial charge in [-0.05, 0) is 48.9 Å². The average molecular weight is 505 g/mol. The molecule has 3 N–H and O–H groups in total. The third-order valence-electron chi connectivity index (χ3n) is 4.86. The van der Waals surface area contributed by atoms with Crippen LogP contribution < -0.4 is 10.2 Å². The number of benzene rings is 3. The Balaban J connectivity index is 1.44. The van der Waals surface area contributed by atoms with Crippen LogP contribution in [0, 0.1) is 6.92 Å². The van der Waals surface area contributed by atoms with E-state index in [1.165, 1.54) is 17.8 Å². The zero-order valence-corrected chi connectivity index (χ0v) is 19.3. The van der Waals surface area contributed by atoms with Crippen LogP contribution in [0.1, 0.15) is 27.2 Å². The van der Waals surface area contributed by atoms with Gasteiger partial charge in [-0.15, -0.1) is 0 Å². The second-order valence-corrected chi connectivity index (χ2v) is 8.26. The van der Waals surface area contributed by atoms with Gasteiger partial charge in [-0.2, -0.15) is 10.2 Å². The lowest BCUT2D eigenvalue weighted by Gasteiger charge is -2.10. The Kier molecular flexibility index (Phi) is 6.85. The van der Waals surface area contributed by atoms with Crippen LogP contribution in [-0.4, -0.2) is 27.4 Å². The van der Waals surface area contributed by atoms with Crippen LogP contribution >= 0.6 is 15.9 Å². The second kappa shape index (κ2) is 10.1. The first kappa shape index (κ1) is 22.3. The van der Waals surface area contributed by atoms with Gasteiger partial charge in [-0.3, -0.25) is 9.89 Å². The van der Waals surface area contributed by atoms with Crippen molar-refractivity contribution in [3.05, 3.63) is 99.7 Å². The van der Waals surface area contributed by atoms with E-state index in [0.717, 1.165) is 15.6 Å². The molecule has 0 radical (unpaired) electrons. The number of hydrazone groups is 1. The molecule has 0 fully saturated rings. The fourth-order valence-corrected chi connectivity index (χ4v) is 3.45. The highest BCUT2D eigenvalue weighted by Gasteiger charge is 2.14. The number of aryl methyl sites for hydroxylation is 1. The van der Waals surface area contributed by atoms with Crippen molar-refractivity contribution in [1.29, 1.82) is 0 Å². The number of H-pyrrole nitrogens is 1. The molecule has 0 spiro atoms. The number of para-hydroxylation sites is 1. The Morgan fingerprint density at radius 2 is 1.94 bits per heavy atom. The summed E-state index contributed by atoms with van der Waals surface area (Å²) < 4.78 is 6.80. The van der Waals surface area contributed by atoms with Crippen LogP contribution in [0.5, 0.6) is 11.5 Å². The summed E-state index contributed by atoms with van der Waals surface area (Å²) >= 11 is 3.33. The van der Waals surface area contributed by atoms with E-state index in [0.29, 0.717) is 23.6 Å². The van der Waals surface area contributed by atoms with Gasteiger partial charge in [0.1, 0.15) is 23.8 Å². The van der Waals surface area contributed by atoms with Crippen molar-refractivity contribution < 1.29 is 14.6 Å². The van der Waals surface area contributed by atoms with Crippen LogP contribution in [0.2, 0.25) is 0 Å². The number of carbonyl (C=O) groups excluding carboxylic acids is 1. The molecule has 0 aliphatic carbocycles. The summed E-state index contributed by atoms with van der Waals surface area (Å²) in [4.78, 5) is 12.5. The Morgan fingerprint density at radius 3 is 2.76 bits per heavy atom. The van der Waals surface area contributed by atoms with Crippen molar-refractivity contribution in [2.75, 3.05) is 0 Å². The van der Waals surface area contributed by atoms with Crippen molar-refractivity contribution in [3.63, 3.8) is 0 Å². The molecule has 0 aliphatic rings. The Morgan fingerprint density at radius 1 is 1.15 bits per heavy atom. The highest BCUT2D eigenvalue weighted by molar-refractivity contribution is 9.10. The largest absolute Gasteiger partial charge is 0.507 e. The maximum absolute atomic E-state index is 12.5. The molecular weight excluding hydrogens is 484 g/mol. The first-order chi connectivity index (χ1) is 16.0. The summed E-state index contributed by atoms with van der Waals surface area (Å²) in [5.74, 6) is 0.263. The quantitative estimate of drug-likeness (QED) is 0.238. The smallest absolute Gasteiger partial charge is 0.289 e. The fraction of sp³-hybridized carbons (Fsp3) is 0.0800. The average Bonchev–Trinajstić information content (AvgIpc) is 3.31. The van der Waals surface area contributed by atoms with Crippen molar-refractivity contribution >= 4 is 28.1 Å². The van der Waals surface area contributed by atoms with Crippen molar-refractivity contribution in [1.82, 2.24) is 15.6 Å². The van der Waals surface area contributed by atoms with Crippen LogP contribution in [0.15, 0.2) is 82.4 Å². The fourth-order valence-electron chi connectivity index (χ4n) is 3.07. The number of carbonyl (C=O) groups is 1. The number of nitrogens with one attached hydrogen (secondary N) is 2. The van der Waals surface area contributed by atoms with Gasteiger partial charge >= 0.3 is 0 Å². The minimum atomic E-state index is -0.461. The van der Waals surface area contributed by atoms with Crippen molar-refractivity contribution in [2.24, 2.45) is 5.10 Å². The number of nitrogens with zero attached hydrogens (tertiary/aromatic N) is 2. The minimum absolute atomic E-state index is 0.0577. The zero-order chi connectivity index (χ0) is 23.2. The number of hydrogen-bond donors (Lipinski definition) is 3. The van der Waals surface area contributed by atoms with Gasteiger partial charge < -0.3 is 9.84 Å². The Hall–Kier alpha value is -3.91. The number of phenols is 1. The van der Waals surface area contributed by atoms with E-state index in [-0.39, 0.29) is 11.4 Å². The lowest BCUT2D eigenvalue weighted by atomic mass is 10.1. The monoisotopic (exact) mass is 504 g/mol. The number of ether oxygens (including phenoxy) is 1. The minimum Gasteiger partial charge on any atom is -0.507 e. The van der Waals surface area contributed by atoms with Crippen molar-refractivity contribution in [2.45, 2.75) is 13.5 Å². The number of aromatic hydroxyl groups is 1. The molecule has 3 aromatic carbocycles. The highest BCUT2D eigenvalue weighted by Crippen LogP contribution is 2.29. The molecule has 33 heavy (non-hydrogen) atoms. The molecule has 166 valence electrons. The van der Waals surface area contributed by atoms with E-state index in [2.05, 4.69) is 36.7 Å². The number of rotatable bonds is 7. The van der Waals surface area contributed by atoms with Gasteiger partial charge in [-0.1, -0.05) is 57.9 Å². The maximum atomic E-state index is 12.5. The molecule has 0 aliphatic heterocycles. The normalized spacial score (nSPS) is 11.0. The van der Waals surface area contributed by atoms with E-state index in [1.807, 2.05) is 55.5 Å². The lowest BCUT2D eigenvalue weighted by molar-refractivity contribution is 0.0950. The predicted molar refractivity (Wildman–Crippen MR) is 130 cm³/mol. The number of amides is 1. The maximum Gasteiger partial charge on any atom is 0.289 e. The summed E-state index contributed by atoms with van der Waals surface area (Å²) in [6.45, 7) is 2.47. The summed E-state index contributed by atoms with van der Waals surface area (Å²) in [6, 6.07) is 22.2. The topological polar surface area (TPSA) is 99.6 Å². The molecule has 0 atom stereocenters. The second-order valence-electron chi connectivity index (χ2n) is 7.34. The van der Waals surface area contributed by atoms with Crippen LogP contribution in [0.25, 0.3) is 11.3 Å². The van der Waals surface area contributed by atoms with E-state index >= 15 is 0 Å². The van der Waals surface area contributed by atoms with Gasteiger partial charge in [0.15, 0.2) is 0 Å². The predicted octanol–water partition coefficient (Wildman–Crippen LogP) is 5.20. The van der Waals surface area contributed by atoms with Crippen LogP contribution in [-0.2, 0) is 6.61 Å². The molecule has 7 nitrogen and oxygen atoms in total. The summed E-state index contributed by atoms with van der Waals surface area (Å²) in [5.41, 5.74) is 6.74. The van der Waals surface area contributed by atoms with E-state index in [9.17, 15) is 9.90 Å². The van der Waals surface area contributed by atoms with Gasteiger partial charge in [0.25, 0.3) is 5.91 Å². The molecule has 1 heterocycles. The van der Waals surface area contributed by atoms with Gasteiger partial charge in [0.05, 0.1) is 11.9 Å². The molecule has 0 unspecified atom stereocenters. The standard InChI is InChI=1S/C25H21BrN4O3/c1-16-6-8-17(9-7-16)15-33-24-5-3-2-4-20(24)21-13-22(29-28-21)25(32)30-27-14-18-12-19(26)10-11-23(18)31/h2-14,31H,15H2,1H3,(H,28,29)(H,30,32). The van der Waals surface area contributed by atoms with Gasteiger partial charge in [-0.25, -0.2) is 5.43 Å². The molecular formula is C25H21BrN4O3. The third kappa shape index (κ3) is 5.67. The molecule has 0 saturated heterocycles. The SMILES string of the molecule is Cc1ccc(COc2ccccc2-c2cc(C(=O)NN=Cc3cc(Br)ccc3O)[nH]n2)cc1. The first-order valence-electron chi connectivity index (χ1n) is 10.1. The Labute approximate surface area is 199 Å². The number of halogens is 1. The molecule has 1 amide bonds. The van der Waals surface area contributed by atoms with E-state index in [1.54, 1.807) is 18.2 Å². The van der Waals surface area contributed by atoms with Gasteiger partial charge in [0.2, 0.25) is 0 Å². The Bertz CT molecular complexity index is 1300. The lowest BCUT2D eigenvalue weighted by Crippen LogP contribution is -2.18. The van der Waals surface area contributed by atoms with Crippen molar-refractivity contribution in [3.8, 4) is 22.8 Å². The highest BCUT2D eigenvalue weighted by atomic mass is 79.9. The van der Waals surface area contributed by atoms with Crippen LogP contribution in [0.3, 0.4) is 0 Å². The molecule has 4 aromatic rings. The first-order valence-corrected chi connectivity index (χ1v) is 10.9. The summed E-state index contributed by atoms with van der Waals surface area (Å²) in [6.07, 6.45) is 1.36. The molecule has 1 aromatic heterocycles. The number of hydrogen-bond acceptors (Lipinski definition) is 5. The summed E-state index contributed by atoms with van der Waals surface area (Å²) in [7, 11) is 0. The zero-order valence-electron chi connectivity index (χ0n) is 17.7. The number of aromatic amines is 1. The van der Waals surface area contributed by atoms with Gasteiger partial charge in [0, 0.05) is 15.6 Å². The molecule has 0 bridgehead atoms. The van der Waals surface area contributed by atoms with E-state index < -0.39 is 5.91 Å². The molecule has 0 saturated carbocycles. The molecule has 8 heteroatoms. The third-order valence-corrected chi connectivity index (χ3v) is 5.35. The number of phenolic OH excluding ortho intramolecular Hbond substituents is 1. The van der Waals surface area contributed by atoms with Crippen LogP contribution in [0.4, 0.5) is 0 Å². The number of aromatic nitrogens is 2. The van der Waals surface area contributed by atoms with E-state index in [4.69, 9.17) is 4.74 Å².